The van der Waals surface area contributed by atoms with Crippen molar-refractivity contribution in [2.45, 2.75) is 18.0 Å². The van der Waals surface area contributed by atoms with Crippen molar-refractivity contribution >= 4 is 41.9 Å². The van der Waals surface area contributed by atoms with Crippen molar-refractivity contribution in [3.63, 3.8) is 0 Å². The van der Waals surface area contributed by atoms with Gasteiger partial charge in [0.25, 0.3) is 0 Å². The zero-order valence-electron chi connectivity index (χ0n) is 13.1. The first-order valence-electron chi connectivity index (χ1n) is 7.42. The second-order valence-electron chi connectivity index (χ2n) is 5.45. The number of halogens is 2. The highest BCUT2D eigenvalue weighted by molar-refractivity contribution is 9.11. The third-order valence-electron chi connectivity index (χ3n) is 3.57. The van der Waals surface area contributed by atoms with Gasteiger partial charge in [-0.3, -0.25) is 0 Å². The Morgan fingerprint density at radius 1 is 1.08 bits per heavy atom. The topological polar surface area (TPSA) is 64.0 Å². The molecule has 0 fully saturated rings. The average Bonchev–Trinajstić information content (AvgIpc) is 3.06. The van der Waals surface area contributed by atoms with Gasteiger partial charge in [-0.05, 0) is 45.3 Å². The maximum Gasteiger partial charge on any atom is 0.241 e. The van der Waals surface area contributed by atoms with Gasteiger partial charge in [0.05, 0.1) is 11.2 Å². The minimum atomic E-state index is -3.60. The molecule has 0 bridgehead atoms. The number of imidazole rings is 1. The molecule has 0 radical (unpaired) electrons. The van der Waals surface area contributed by atoms with E-state index in [0.717, 1.165) is 15.6 Å². The number of nitrogens with zero attached hydrogens (tertiary/aromatic N) is 2. The Bertz CT molecular complexity index is 973. The van der Waals surface area contributed by atoms with Crippen LogP contribution in [0.4, 0.5) is 0 Å². The van der Waals surface area contributed by atoms with Crippen molar-refractivity contribution in [1.82, 2.24) is 14.3 Å². The summed E-state index contributed by atoms with van der Waals surface area (Å²) in [4.78, 5) is 4.23. The Morgan fingerprint density at radius 2 is 1.88 bits per heavy atom. The van der Waals surface area contributed by atoms with Crippen LogP contribution in [0.2, 0.25) is 0 Å². The molecule has 8 heteroatoms. The van der Waals surface area contributed by atoms with Crippen LogP contribution in [0.3, 0.4) is 0 Å². The van der Waals surface area contributed by atoms with Gasteiger partial charge in [0, 0.05) is 34.4 Å². The second-order valence-corrected chi connectivity index (χ2v) is 8.96. The van der Waals surface area contributed by atoms with E-state index in [1.54, 1.807) is 30.7 Å². The van der Waals surface area contributed by atoms with E-state index in [1.807, 2.05) is 35.0 Å². The molecule has 0 aliphatic rings. The van der Waals surface area contributed by atoms with E-state index < -0.39 is 10.0 Å². The molecule has 0 saturated carbocycles. The Kier molecular flexibility index (Phi) is 5.73. The maximum atomic E-state index is 12.5. The van der Waals surface area contributed by atoms with E-state index in [1.165, 1.54) is 0 Å². The molecule has 25 heavy (non-hydrogen) atoms. The van der Waals surface area contributed by atoms with Crippen LogP contribution in [0.15, 0.2) is 75.0 Å². The maximum absolute atomic E-state index is 12.5. The van der Waals surface area contributed by atoms with Gasteiger partial charge in [-0.15, -0.1) is 0 Å². The van der Waals surface area contributed by atoms with Gasteiger partial charge >= 0.3 is 0 Å². The van der Waals surface area contributed by atoms with E-state index in [4.69, 9.17) is 0 Å². The van der Waals surface area contributed by atoms with Crippen LogP contribution in [-0.4, -0.2) is 18.0 Å². The van der Waals surface area contributed by atoms with Crippen LogP contribution in [0.5, 0.6) is 0 Å². The van der Waals surface area contributed by atoms with E-state index in [-0.39, 0.29) is 11.4 Å². The summed E-state index contributed by atoms with van der Waals surface area (Å²) in [6.07, 6.45) is 5.37. The second kappa shape index (κ2) is 7.82. The number of benzene rings is 2. The number of aromatic nitrogens is 2. The third-order valence-corrected chi connectivity index (χ3v) is 6.44. The summed E-state index contributed by atoms with van der Waals surface area (Å²) < 4.78 is 31.0. The lowest BCUT2D eigenvalue weighted by molar-refractivity contribution is 0.580. The van der Waals surface area contributed by atoms with Crippen LogP contribution in [-0.2, 0) is 23.1 Å². The van der Waals surface area contributed by atoms with Crippen LogP contribution in [0, 0.1) is 0 Å². The number of hydrogen-bond donors (Lipinski definition) is 1. The lowest BCUT2D eigenvalue weighted by Gasteiger charge is -2.10. The van der Waals surface area contributed by atoms with Gasteiger partial charge in [0.1, 0.15) is 0 Å². The lowest BCUT2D eigenvalue weighted by Crippen LogP contribution is -2.23. The number of sulfonamides is 1. The molecule has 3 rings (SSSR count). The number of nitrogens with one attached hydrogen (secondary N) is 1. The van der Waals surface area contributed by atoms with E-state index in [9.17, 15) is 8.42 Å². The summed E-state index contributed by atoms with van der Waals surface area (Å²) >= 11 is 6.62. The molecule has 0 saturated heterocycles. The predicted octanol–water partition coefficient (Wildman–Crippen LogP) is 3.93. The van der Waals surface area contributed by atoms with Gasteiger partial charge in [0.15, 0.2) is 0 Å². The van der Waals surface area contributed by atoms with Crippen LogP contribution >= 0.6 is 31.9 Å². The molecule has 1 aromatic heterocycles. The third kappa shape index (κ3) is 4.78. The average molecular weight is 485 g/mol. The fourth-order valence-electron chi connectivity index (χ4n) is 2.38. The van der Waals surface area contributed by atoms with Crippen LogP contribution in [0.1, 0.15) is 11.1 Å². The van der Waals surface area contributed by atoms with E-state index in [2.05, 4.69) is 41.6 Å². The first kappa shape index (κ1) is 18.3. The molecule has 5 nitrogen and oxygen atoms in total. The molecule has 1 heterocycles. The SMILES string of the molecule is O=S(=O)(NCc1cccc(Cn2ccnc2)c1)c1ccc(Br)cc1Br. The Morgan fingerprint density at radius 3 is 2.60 bits per heavy atom. The summed E-state index contributed by atoms with van der Waals surface area (Å²) in [5.41, 5.74) is 1.98. The summed E-state index contributed by atoms with van der Waals surface area (Å²) in [6.45, 7) is 0.918. The highest BCUT2D eigenvalue weighted by Gasteiger charge is 2.17. The summed E-state index contributed by atoms with van der Waals surface area (Å²) in [7, 11) is -3.60. The molecule has 130 valence electrons. The Balaban J connectivity index is 1.72. The van der Waals surface area contributed by atoms with Crippen molar-refractivity contribution < 1.29 is 8.42 Å². The molecule has 0 atom stereocenters. The van der Waals surface area contributed by atoms with Gasteiger partial charge < -0.3 is 4.57 Å². The van der Waals surface area contributed by atoms with Crippen molar-refractivity contribution in [2.24, 2.45) is 0 Å². The smallest absolute Gasteiger partial charge is 0.241 e. The van der Waals surface area contributed by atoms with E-state index in [0.29, 0.717) is 11.0 Å². The fourth-order valence-corrected chi connectivity index (χ4v) is 5.14. The largest absolute Gasteiger partial charge is 0.333 e. The van der Waals surface area contributed by atoms with Gasteiger partial charge in [-0.1, -0.05) is 40.2 Å². The van der Waals surface area contributed by atoms with Crippen molar-refractivity contribution in [3.8, 4) is 0 Å². The number of hydrogen-bond acceptors (Lipinski definition) is 3. The molecule has 2 aromatic carbocycles. The highest BCUT2D eigenvalue weighted by atomic mass is 79.9. The first-order chi connectivity index (χ1) is 11.9. The van der Waals surface area contributed by atoms with Crippen LogP contribution in [0.25, 0.3) is 0 Å². The monoisotopic (exact) mass is 483 g/mol. The minimum Gasteiger partial charge on any atom is -0.333 e. The first-order valence-corrected chi connectivity index (χ1v) is 10.5. The standard InChI is InChI=1S/C17H15Br2N3O2S/c18-15-4-5-17(16(19)9-15)25(23,24)21-10-13-2-1-3-14(8-13)11-22-7-6-20-12-22/h1-9,12,21H,10-11H2. The molecular weight excluding hydrogens is 470 g/mol. The highest BCUT2D eigenvalue weighted by Crippen LogP contribution is 2.25. The zero-order valence-corrected chi connectivity index (χ0v) is 17.1. The molecule has 0 unspecified atom stereocenters. The van der Waals surface area contributed by atoms with Crippen molar-refractivity contribution in [3.05, 3.63) is 81.3 Å². The van der Waals surface area contributed by atoms with Gasteiger partial charge in [-0.25, -0.2) is 18.1 Å². The minimum absolute atomic E-state index is 0.213. The molecule has 0 aliphatic carbocycles. The number of rotatable bonds is 6. The normalized spacial score (nSPS) is 11.6. The summed E-state index contributed by atoms with van der Waals surface area (Å²) in [5, 5.41) is 0. The molecule has 0 aliphatic heterocycles. The fraction of sp³-hybridized carbons (Fsp3) is 0.118. The van der Waals surface area contributed by atoms with Gasteiger partial charge in [-0.2, -0.15) is 0 Å². The van der Waals surface area contributed by atoms with Crippen LogP contribution < -0.4 is 4.72 Å². The zero-order chi connectivity index (χ0) is 17.9. The molecule has 0 amide bonds. The molecule has 1 N–H and O–H groups in total. The Hall–Kier alpha value is -1.48. The lowest BCUT2D eigenvalue weighted by atomic mass is 10.1. The van der Waals surface area contributed by atoms with Crippen molar-refractivity contribution in [2.75, 3.05) is 0 Å². The quantitative estimate of drug-likeness (QED) is 0.576. The summed E-state index contributed by atoms with van der Waals surface area (Å²) in [5.74, 6) is 0. The Labute approximate surface area is 163 Å². The van der Waals surface area contributed by atoms with Crippen molar-refractivity contribution in [1.29, 1.82) is 0 Å². The predicted molar refractivity (Wildman–Crippen MR) is 104 cm³/mol. The summed E-state index contributed by atoms with van der Waals surface area (Å²) in [6, 6.07) is 12.8. The molecular formula is C17H15Br2N3O2S. The molecule has 3 aromatic rings. The van der Waals surface area contributed by atoms with E-state index >= 15 is 0 Å². The molecule has 0 spiro atoms. The van der Waals surface area contributed by atoms with Gasteiger partial charge in [0.2, 0.25) is 10.0 Å².